The van der Waals surface area contributed by atoms with Crippen molar-refractivity contribution in [3.63, 3.8) is 0 Å². The van der Waals surface area contributed by atoms with Gasteiger partial charge in [-0.1, -0.05) is 0 Å². The molecule has 1 aromatic heterocycles. The first-order valence-corrected chi connectivity index (χ1v) is 7.84. The highest BCUT2D eigenvalue weighted by Gasteiger charge is 2.22. The van der Waals surface area contributed by atoms with Crippen molar-refractivity contribution >= 4 is 31.7 Å². The number of benzene rings is 1. The van der Waals surface area contributed by atoms with Crippen molar-refractivity contribution in [1.82, 2.24) is 14.8 Å². The molecule has 0 spiro atoms. The number of rotatable bonds is 4. The third kappa shape index (κ3) is 2.88. The fourth-order valence-electron chi connectivity index (χ4n) is 1.57. The molecule has 0 aliphatic heterocycles. The van der Waals surface area contributed by atoms with E-state index in [-0.39, 0.29) is 22.0 Å². The quantitative estimate of drug-likeness (QED) is 0.881. The summed E-state index contributed by atoms with van der Waals surface area (Å²) in [6.45, 7) is 0. The van der Waals surface area contributed by atoms with Crippen molar-refractivity contribution < 1.29 is 18.3 Å². The molecule has 0 amide bonds. The number of carbonyl (C=O) groups is 1. The van der Waals surface area contributed by atoms with Crippen LogP contribution < -0.4 is 0 Å². The summed E-state index contributed by atoms with van der Waals surface area (Å²) in [5.74, 6) is -1.27. The Morgan fingerprint density at radius 1 is 1.45 bits per heavy atom. The summed E-state index contributed by atoms with van der Waals surface area (Å²) >= 11 is 3.12. The Hall–Kier alpha value is -1.74. The molecule has 0 radical (unpaired) electrons. The van der Waals surface area contributed by atoms with Crippen LogP contribution in [0.5, 0.6) is 0 Å². The van der Waals surface area contributed by atoms with Crippen molar-refractivity contribution in [2.24, 2.45) is 7.05 Å². The highest BCUT2D eigenvalue weighted by Crippen LogP contribution is 2.26. The first kappa shape index (κ1) is 14.7. The molecule has 0 fully saturated rings. The third-order valence-electron chi connectivity index (χ3n) is 2.64. The second-order valence-corrected chi connectivity index (χ2v) is 6.82. The van der Waals surface area contributed by atoms with Crippen molar-refractivity contribution in [3.05, 3.63) is 40.4 Å². The second kappa shape index (κ2) is 5.33. The molecule has 0 aliphatic carbocycles. The molecule has 20 heavy (non-hydrogen) atoms. The molecule has 0 unspecified atom stereocenters. The van der Waals surface area contributed by atoms with E-state index in [1.54, 1.807) is 7.05 Å². The number of aromatic carboxylic acids is 1. The Kier molecular flexibility index (Phi) is 3.91. The van der Waals surface area contributed by atoms with Crippen LogP contribution in [0.25, 0.3) is 0 Å². The lowest BCUT2D eigenvalue weighted by Crippen LogP contribution is -2.11. The number of aryl methyl sites for hydroxylation is 1. The Morgan fingerprint density at radius 2 is 2.15 bits per heavy atom. The maximum atomic E-state index is 12.3. The lowest BCUT2D eigenvalue weighted by atomic mass is 10.2. The van der Waals surface area contributed by atoms with Crippen molar-refractivity contribution in [2.75, 3.05) is 0 Å². The molecule has 0 saturated carbocycles. The van der Waals surface area contributed by atoms with Crippen LogP contribution in [0.1, 0.15) is 16.2 Å². The fraction of sp³-hybridized carbons (Fsp3) is 0.182. The highest BCUT2D eigenvalue weighted by molar-refractivity contribution is 9.10. The van der Waals surface area contributed by atoms with Gasteiger partial charge >= 0.3 is 5.97 Å². The van der Waals surface area contributed by atoms with E-state index in [0.29, 0.717) is 4.47 Å². The number of halogens is 1. The zero-order valence-corrected chi connectivity index (χ0v) is 12.7. The maximum Gasteiger partial charge on any atom is 0.335 e. The monoisotopic (exact) mass is 359 g/mol. The highest BCUT2D eigenvalue weighted by atomic mass is 79.9. The third-order valence-corrected chi connectivity index (χ3v) is 5.24. The lowest BCUT2D eigenvalue weighted by Gasteiger charge is -2.07. The van der Waals surface area contributed by atoms with E-state index in [1.807, 2.05) is 0 Å². The Bertz CT molecular complexity index is 770. The van der Waals surface area contributed by atoms with Crippen LogP contribution in [-0.4, -0.2) is 34.3 Å². The topological polar surface area (TPSA) is 102 Å². The predicted molar refractivity (Wildman–Crippen MR) is 73.0 cm³/mol. The molecule has 1 aromatic carbocycles. The molecule has 0 atom stereocenters. The van der Waals surface area contributed by atoms with E-state index >= 15 is 0 Å². The average molecular weight is 360 g/mol. The summed E-state index contributed by atoms with van der Waals surface area (Å²) in [5, 5.41) is 12.7. The minimum absolute atomic E-state index is 0.0830. The molecular weight excluding hydrogens is 350 g/mol. The van der Waals surface area contributed by atoms with Crippen LogP contribution in [0.3, 0.4) is 0 Å². The molecule has 9 heteroatoms. The predicted octanol–water partition coefficient (Wildman–Crippen LogP) is 1.25. The van der Waals surface area contributed by atoms with Crippen LogP contribution in [0.2, 0.25) is 0 Å². The zero-order valence-electron chi connectivity index (χ0n) is 10.3. The van der Waals surface area contributed by atoms with Gasteiger partial charge in [-0.2, -0.15) is 5.10 Å². The van der Waals surface area contributed by atoms with Crippen LogP contribution >= 0.6 is 15.9 Å². The summed E-state index contributed by atoms with van der Waals surface area (Å²) in [4.78, 5) is 14.7. The van der Waals surface area contributed by atoms with Gasteiger partial charge in [-0.25, -0.2) is 18.2 Å². The molecule has 1 N–H and O–H groups in total. The van der Waals surface area contributed by atoms with Crippen LogP contribution in [0.4, 0.5) is 0 Å². The normalized spacial score (nSPS) is 11.5. The second-order valence-electron chi connectivity index (χ2n) is 4.01. The number of hydrogen-bond acceptors (Lipinski definition) is 5. The first-order chi connectivity index (χ1) is 9.31. The lowest BCUT2D eigenvalue weighted by molar-refractivity contribution is 0.0696. The van der Waals surface area contributed by atoms with E-state index in [0.717, 1.165) is 6.07 Å². The van der Waals surface area contributed by atoms with Gasteiger partial charge < -0.3 is 5.11 Å². The van der Waals surface area contributed by atoms with Gasteiger partial charge in [0.05, 0.1) is 10.5 Å². The Labute approximate surface area is 123 Å². The minimum Gasteiger partial charge on any atom is -0.478 e. The SMILES string of the molecule is Cn1ncnc1CS(=O)(=O)c1cc(C(=O)O)ccc1Br. The zero-order chi connectivity index (χ0) is 14.9. The number of nitrogens with zero attached hydrogens (tertiary/aromatic N) is 3. The molecule has 0 bridgehead atoms. The van der Waals surface area contributed by atoms with Gasteiger partial charge in [-0.3, -0.25) is 4.68 Å². The number of sulfone groups is 1. The fourth-order valence-corrected chi connectivity index (χ4v) is 3.99. The molecule has 2 rings (SSSR count). The van der Waals surface area contributed by atoms with Gasteiger partial charge in [0.25, 0.3) is 0 Å². The van der Waals surface area contributed by atoms with Crippen molar-refractivity contribution in [1.29, 1.82) is 0 Å². The Balaban J connectivity index is 2.46. The summed E-state index contributed by atoms with van der Waals surface area (Å²) in [6.07, 6.45) is 1.26. The van der Waals surface area contributed by atoms with Gasteiger partial charge in [0, 0.05) is 11.5 Å². The molecule has 0 aliphatic rings. The van der Waals surface area contributed by atoms with Crippen molar-refractivity contribution in [3.8, 4) is 0 Å². The van der Waals surface area contributed by atoms with E-state index in [4.69, 9.17) is 5.11 Å². The summed E-state index contributed by atoms with van der Waals surface area (Å²) < 4.78 is 26.4. The van der Waals surface area contributed by atoms with Gasteiger partial charge in [-0.05, 0) is 34.1 Å². The number of aromatic nitrogens is 3. The molecular formula is C11H10BrN3O4S. The summed E-state index contributed by atoms with van der Waals surface area (Å²) in [7, 11) is -2.14. The number of carboxylic acid groups (broad SMARTS) is 1. The molecule has 7 nitrogen and oxygen atoms in total. The standard InChI is InChI=1S/C11H10BrN3O4S/c1-15-10(13-6-14-15)5-20(18,19)9-4-7(11(16)17)2-3-8(9)12/h2-4,6H,5H2,1H3,(H,16,17). The molecule has 1 heterocycles. The summed E-state index contributed by atoms with van der Waals surface area (Å²) in [5.41, 5.74) is -0.0928. The van der Waals surface area contributed by atoms with Crippen molar-refractivity contribution in [2.45, 2.75) is 10.6 Å². The minimum atomic E-state index is -3.73. The molecule has 0 saturated heterocycles. The van der Waals surface area contributed by atoms with Gasteiger partial charge in [0.15, 0.2) is 9.84 Å². The summed E-state index contributed by atoms with van der Waals surface area (Å²) in [6, 6.07) is 3.85. The largest absolute Gasteiger partial charge is 0.478 e. The van der Waals surface area contributed by atoms with Crippen LogP contribution in [0.15, 0.2) is 33.9 Å². The molecule has 2 aromatic rings. The average Bonchev–Trinajstić information content (AvgIpc) is 2.74. The van der Waals surface area contributed by atoms with E-state index in [1.165, 1.54) is 23.1 Å². The Morgan fingerprint density at radius 3 is 2.70 bits per heavy atom. The maximum absolute atomic E-state index is 12.3. The number of carboxylic acids is 1. The number of hydrogen-bond donors (Lipinski definition) is 1. The van der Waals surface area contributed by atoms with Gasteiger partial charge in [0.1, 0.15) is 17.9 Å². The van der Waals surface area contributed by atoms with E-state index in [9.17, 15) is 13.2 Å². The van der Waals surface area contributed by atoms with Crippen LogP contribution in [0, 0.1) is 0 Å². The van der Waals surface area contributed by atoms with E-state index < -0.39 is 15.8 Å². The molecule has 106 valence electrons. The smallest absolute Gasteiger partial charge is 0.335 e. The van der Waals surface area contributed by atoms with E-state index in [2.05, 4.69) is 26.0 Å². The van der Waals surface area contributed by atoms with Crippen LogP contribution in [-0.2, 0) is 22.6 Å². The first-order valence-electron chi connectivity index (χ1n) is 5.40. The van der Waals surface area contributed by atoms with Gasteiger partial charge in [0.2, 0.25) is 0 Å². The van der Waals surface area contributed by atoms with Gasteiger partial charge in [-0.15, -0.1) is 0 Å².